The second-order valence-corrected chi connectivity index (χ2v) is 6.05. The number of benzene rings is 1. The fraction of sp³-hybridized carbons (Fsp3) is 0.286. The number of esters is 1. The molecule has 0 bridgehead atoms. The number of Topliss-reactive ketones (excluding diaryl/α,β-unsaturated/α-hetero) is 1. The van der Waals surface area contributed by atoms with Crippen LogP contribution in [0.4, 0.5) is 5.69 Å². The number of aromatic amines is 1. The molecular formula is C21H24N2O4. The Bertz CT molecular complexity index is 876. The van der Waals surface area contributed by atoms with Crippen molar-refractivity contribution < 1.29 is 19.1 Å². The summed E-state index contributed by atoms with van der Waals surface area (Å²) in [5.74, 6) is -0.750. The molecule has 0 saturated carbocycles. The van der Waals surface area contributed by atoms with Crippen molar-refractivity contribution in [3.63, 3.8) is 0 Å². The molecular weight excluding hydrogens is 344 g/mol. The largest absolute Gasteiger partial charge is 0.463 e. The lowest BCUT2D eigenvalue weighted by molar-refractivity contribution is -0.137. The molecule has 2 rings (SSSR count). The molecule has 1 amide bonds. The molecule has 0 saturated heterocycles. The van der Waals surface area contributed by atoms with Crippen molar-refractivity contribution in [3.05, 3.63) is 58.4 Å². The molecule has 6 heteroatoms. The number of anilines is 1. The normalized spacial score (nSPS) is 10.8. The lowest BCUT2D eigenvalue weighted by atomic mass is 10.0. The molecule has 0 aliphatic heterocycles. The summed E-state index contributed by atoms with van der Waals surface area (Å²) in [6.45, 7) is 7.28. The van der Waals surface area contributed by atoms with Gasteiger partial charge in [0.25, 0.3) is 5.91 Å². The number of hydrogen-bond donors (Lipinski definition) is 2. The zero-order valence-corrected chi connectivity index (χ0v) is 16.0. The van der Waals surface area contributed by atoms with Gasteiger partial charge >= 0.3 is 5.97 Å². The van der Waals surface area contributed by atoms with E-state index < -0.39 is 5.97 Å². The van der Waals surface area contributed by atoms with E-state index in [1.807, 2.05) is 6.92 Å². The Hall–Kier alpha value is -3.15. The first-order chi connectivity index (χ1) is 12.9. The van der Waals surface area contributed by atoms with E-state index in [1.54, 1.807) is 44.2 Å². The smallest absolute Gasteiger partial charge is 0.330 e. The molecule has 0 atom stereocenters. The number of nitrogens with one attached hydrogen (secondary N) is 2. The van der Waals surface area contributed by atoms with Crippen LogP contribution in [0.15, 0.2) is 30.3 Å². The Morgan fingerprint density at radius 2 is 1.81 bits per heavy atom. The van der Waals surface area contributed by atoms with Crippen LogP contribution in [0.3, 0.4) is 0 Å². The number of ether oxygens (including phenoxy) is 1. The van der Waals surface area contributed by atoms with Gasteiger partial charge in [-0.15, -0.1) is 0 Å². The van der Waals surface area contributed by atoms with Crippen LogP contribution in [0.25, 0.3) is 6.08 Å². The molecule has 0 radical (unpaired) electrons. The molecule has 0 unspecified atom stereocenters. The van der Waals surface area contributed by atoms with E-state index in [-0.39, 0.29) is 11.7 Å². The summed E-state index contributed by atoms with van der Waals surface area (Å²) >= 11 is 0. The molecule has 0 aliphatic rings. The summed E-state index contributed by atoms with van der Waals surface area (Å²) in [4.78, 5) is 38.8. The van der Waals surface area contributed by atoms with Gasteiger partial charge in [-0.2, -0.15) is 0 Å². The number of carbonyl (C=O) groups is 3. The number of H-pyrrole nitrogens is 1. The predicted molar refractivity (Wildman–Crippen MR) is 105 cm³/mol. The van der Waals surface area contributed by atoms with Crippen LogP contribution in [0, 0.1) is 6.92 Å². The highest BCUT2D eigenvalue weighted by Gasteiger charge is 2.21. The zero-order valence-electron chi connectivity index (χ0n) is 16.0. The third-order valence-electron chi connectivity index (χ3n) is 4.09. The molecule has 27 heavy (non-hydrogen) atoms. The first-order valence-electron chi connectivity index (χ1n) is 8.85. The highest BCUT2D eigenvalue weighted by atomic mass is 16.5. The van der Waals surface area contributed by atoms with E-state index in [9.17, 15) is 14.4 Å². The summed E-state index contributed by atoms with van der Waals surface area (Å²) in [6, 6.07) is 7.06. The van der Waals surface area contributed by atoms with Gasteiger partial charge < -0.3 is 15.0 Å². The van der Waals surface area contributed by atoms with E-state index in [4.69, 9.17) is 4.74 Å². The zero-order chi connectivity index (χ0) is 20.0. The van der Waals surface area contributed by atoms with Crippen molar-refractivity contribution in [2.45, 2.75) is 34.1 Å². The molecule has 142 valence electrons. The number of hydrogen-bond acceptors (Lipinski definition) is 4. The van der Waals surface area contributed by atoms with Gasteiger partial charge in [-0.25, -0.2) is 4.79 Å². The molecule has 2 aromatic rings. The fourth-order valence-corrected chi connectivity index (χ4v) is 2.93. The van der Waals surface area contributed by atoms with Crippen LogP contribution < -0.4 is 5.32 Å². The van der Waals surface area contributed by atoms with Crippen molar-refractivity contribution in [2.75, 3.05) is 11.9 Å². The third-order valence-corrected chi connectivity index (χ3v) is 4.09. The number of aryl methyl sites for hydroxylation is 1. The maximum Gasteiger partial charge on any atom is 0.330 e. The number of rotatable bonds is 7. The minimum Gasteiger partial charge on any atom is -0.463 e. The first-order valence-corrected chi connectivity index (χ1v) is 8.85. The second kappa shape index (κ2) is 8.98. The maximum absolute atomic E-state index is 12.6. The predicted octanol–water partition coefficient (Wildman–Crippen LogP) is 3.92. The average molecular weight is 368 g/mol. The summed E-state index contributed by atoms with van der Waals surface area (Å²) in [5, 5.41) is 2.83. The van der Waals surface area contributed by atoms with Crippen LogP contribution in [-0.4, -0.2) is 29.3 Å². The Labute approximate surface area is 158 Å². The monoisotopic (exact) mass is 368 g/mol. The standard InChI is InChI=1S/C21H24N2O4/c1-5-17-19(14(4)24)13(3)22-20(17)21(26)23-16-10-7-15(8-11-16)9-12-18(25)27-6-2/h7-12,22H,5-6H2,1-4H3,(H,23,26). The van der Waals surface area contributed by atoms with Crippen molar-refractivity contribution in [1.82, 2.24) is 4.98 Å². The molecule has 0 spiro atoms. The van der Waals surface area contributed by atoms with Crippen molar-refractivity contribution in [3.8, 4) is 0 Å². The van der Waals surface area contributed by atoms with Crippen LogP contribution in [0.2, 0.25) is 0 Å². The summed E-state index contributed by atoms with van der Waals surface area (Å²) in [6.07, 6.45) is 3.58. The summed E-state index contributed by atoms with van der Waals surface area (Å²) < 4.78 is 4.83. The van der Waals surface area contributed by atoms with Gasteiger partial charge in [-0.05, 0) is 56.5 Å². The minimum absolute atomic E-state index is 0.0580. The van der Waals surface area contributed by atoms with Gasteiger partial charge in [0.1, 0.15) is 5.69 Å². The van der Waals surface area contributed by atoms with Crippen LogP contribution >= 0.6 is 0 Å². The van der Waals surface area contributed by atoms with E-state index in [2.05, 4.69) is 10.3 Å². The summed E-state index contributed by atoms with van der Waals surface area (Å²) in [5.41, 5.74) is 3.85. The molecule has 1 heterocycles. The fourth-order valence-electron chi connectivity index (χ4n) is 2.93. The van der Waals surface area contributed by atoms with E-state index in [0.29, 0.717) is 35.7 Å². The Balaban J connectivity index is 2.14. The highest BCUT2D eigenvalue weighted by Crippen LogP contribution is 2.21. The number of ketones is 1. The van der Waals surface area contributed by atoms with Gasteiger partial charge in [-0.1, -0.05) is 19.1 Å². The topological polar surface area (TPSA) is 88.3 Å². The van der Waals surface area contributed by atoms with Gasteiger partial charge in [-0.3, -0.25) is 9.59 Å². The molecule has 6 nitrogen and oxygen atoms in total. The maximum atomic E-state index is 12.6. The third kappa shape index (κ3) is 4.94. The van der Waals surface area contributed by atoms with Crippen molar-refractivity contribution in [2.24, 2.45) is 0 Å². The van der Waals surface area contributed by atoms with Crippen molar-refractivity contribution >= 4 is 29.4 Å². The van der Waals surface area contributed by atoms with E-state index in [0.717, 1.165) is 11.1 Å². The Morgan fingerprint density at radius 1 is 1.15 bits per heavy atom. The molecule has 2 N–H and O–H groups in total. The second-order valence-electron chi connectivity index (χ2n) is 6.05. The van der Waals surface area contributed by atoms with Crippen molar-refractivity contribution in [1.29, 1.82) is 0 Å². The number of amides is 1. The van der Waals surface area contributed by atoms with Gasteiger partial charge in [0, 0.05) is 23.0 Å². The number of carbonyl (C=O) groups excluding carboxylic acids is 3. The molecule has 0 fully saturated rings. The summed E-state index contributed by atoms with van der Waals surface area (Å²) in [7, 11) is 0. The highest BCUT2D eigenvalue weighted by molar-refractivity contribution is 6.07. The quantitative estimate of drug-likeness (QED) is 0.440. The van der Waals surface area contributed by atoms with Crippen LogP contribution in [0.5, 0.6) is 0 Å². The SMILES string of the molecule is CCOC(=O)C=Cc1ccc(NC(=O)c2[nH]c(C)c(C(C)=O)c2CC)cc1. The van der Waals surface area contributed by atoms with Gasteiger partial charge in [0.15, 0.2) is 5.78 Å². The minimum atomic E-state index is -0.398. The molecule has 0 aliphatic carbocycles. The van der Waals surface area contributed by atoms with E-state index in [1.165, 1.54) is 13.0 Å². The van der Waals surface area contributed by atoms with Gasteiger partial charge in [0.05, 0.1) is 6.61 Å². The first kappa shape index (κ1) is 20.2. The van der Waals surface area contributed by atoms with Crippen LogP contribution in [-0.2, 0) is 16.0 Å². The molecule has 1 aromatic heterocycles. The molecule has 1 aromatic carbocycles. The average Bonchev–Trinajstić information content (AvgIpc) is 2.98. The van der Waals surface area contributed by atoms with Gasteiger partial charge in [0.2, 0.25) is 0 Å². The number of aromatic nitrogens is 1. The Morgan fingerprint density at radius 3 is 2.37 bits per heavy atom. The van der Waals surface area contributed by atoms with E-state index >= 15 is 0 Å². The lowest BCUT2D eigenvalue weighted by Crippen LogP contribution is -2.14. The Kier molecular flexibility index (Phi) is 6.71. The lowest BCUT2D eigenvalue weighted by Gasteiger charge is -2.07. The van der Waals surface area contributed by atoms with Crippen LogP contribution in [0.1, 0.15) is 58.4 Å².